The van der Waals surface area contributed by atoms with Gasteiger partial charge in [-0.2, -0.15) is 0 Å². The van der Waals surface area contributed by atoms with Crippen molar-refractivity contribution in [3.63, 3.8) is 0 Å². The molecule has 200 valence electrons. The van der Waals surface area contributed by atoms with Gasteiger partial charge in [-0.05, 0) is 49.6 Å². The molecule has 2 aromatic carbocycles. The summed E-state index contributed by atoms with van der Waals surface area (Å²) in [4.78, 5) is 12.5. The Kier molecular flexibility index (Phi) is 10.6. The summed E-state index contributed by atoms with van der Waals surface area (Å²) < 4.78 is 17.0. The molecule has 2 atom stereocenters. The number of aryl methyl sites for hydroxylation is 2. The molecule has 2 bridgehead atoms. The predicted octanol–water partition coefficient (Wildman–Crippen LogP) is 1.83. The van der Waals surface area contributed by atoms with E-state index in [1.54, 1.807) is 19.2 Å². The standard InChI is InChI=1S/C28H35NO8/c1-29-26(12-13-30)37-27-20-4-3-5-23-19(8-11-24(34)28(23)35-2)7-10-22(33)16-21(32)9-6-18(14-20)15-25(27)36-17-31/h8,11,14-15,21,26,29-32,34H,4,6-7,9-10,12-13,16-17H2,1-2H3/t21-,26+/m1/s1. The van der Waals surface area contributed by atoms with Gasteiger partial charge in [0.1, 0.15) is 5.78 Å². The van der Waals surface area contributed by atoms with Crippen LogP contribution in [0.2, 0.25) is 0 Å². The minimum Gasteiger partial charge on any atom is -0.504 e. The Labute approximate surface area is 217 Å². The molecule has 0 unspecified atom stereocenters. The third-order valence-corrected chi connectivity index (χ3v) is 6.21. The number of phenolic OH excluding ortho intramolecular Hbond substituents is 1. The molecule has 0 aromatic heterocycles. The van der Waals surface area contributed by atoms with Crippen LogP contribution < -0.4 is 19.5 Å². The van der Waals surface area contributed by atoms with Crippen LogP contribution >= 0.6 is 0 Å². The lowest BCUT2D eigenvalue weighted by molar-refractivity contribution is -0.121. The van der Waals surface area contributed by atoms with Crippen LogP contribution in [0.25, 0.3) is 0 Å². The number of carbonyl (C=O) groups excluding carboxylic acids is 1. The van der Waals surface area contributed by atoms with Crippen LogP contribution in [0.3, 0.4) is 0 Å². The van der Waals surface area contributed by atoms with Crippen molar-refractivity contribution in [2.75, 3.05) is 27.6 Å². The van der Waals surface area contributed by atoms with Gasteiger partial charge in [-0.1, -0.05) is 24.0 Å². The van der Waals surface area contributed by atoms with E-state index >= 15 is 0 Å². The number of aliphatic hydroxyl groups excluding tert-OH is 3. The molecule has 0 spiro atoms. The number of methoxy groups -OCH3 is 1. The van der Waals surface area contributed by atoms with Crippen LogP contribution in [-0.4, -0.2) is 66.1 Å². The van der Waals surface area contributed by atoms with Crippen molar-refractivity contribution in [2.45, 2.75) is 57.3 Å². The summed E-state index contributed by atoms with van der Waals surface area (Å²) in [7, 11) is 3.15. The van der Waals surface area contributed by atoms with E-state index in [-0.39, 0.29) is 43.2 Å². The number of ketones is 1. The van der Waals surface area contributed by atoms with Gasteiger partial charge < -0.3 is 34.6 Å². The lowest BCUT2D eigenvalue weighted by atomic mass is 9.97. The molecule has 0 amide bonds. The molecule has 0 saturated heterocycles. The number of carbonyl (C=O) groups is 1. The zero-order valence-electron chi connectivity index (χ0n) is 21.2. The monoisotopic (exact) mass is 513 g/mol. The molecule has 37 heavy (non-hydrogen) atoms. The van der Waals surface area contributed by atoms with Crippen LogP contribution in [0.1, 0.15) is 47.9 Å². The Bertz CT molecular complexity index is 1140. The maximum absolute atomic E-state index is 12.5. The molecule has 2 aromatic rings. The highest BCUT2D eigenvalue weighted by molar-refractivity contribution is 5.79. The number of nitrogens with one attached hydrogen (secondary N) is 1. The highest BCUT2D eigenvalue weighted by Crippen LogP contribution is 2.36. The fourth-order valence-electron chi connectivity index (χ4n) is 4.30. The van der Waals surface area contributed by atoms with Crippen molar-refractivity contribution in [1.29, 1.82) is 0 Å². The zero-order valence-corrected chi connectivity index (χ0v) is 21.2. The van der Waals surface area contributed by atoms with Gasteiger partial charge >= 0.3 is 0 Å². The van der Waals surface area contributed by atoms with Crippen molar-refractivity contribution in [1.82, 2.24) is 5.32 Å². The summed E-state index contributed by atoms with van der Waals surface area (Å²) in [5, 5.41) is 42.7. The molecule has 1 aliphatic carbocycles. The van der Waals surface area contributed by atoms with Crippen LogP contribution in [0.15, 0.2) is 24.3 Å². The van der Waals surface area contributed by atoms with Gasteiger partial charge in [0.25, 0.3) is 0 Å². The zero-order chi connectivity index (χ0) is 26.8. The summed E-state index contributed by atoms with van der Waals surface area (Å²) in [5.74, 6) is 7.03. The number of benzene rings is 2. The first-order valence-corrected chi connectivity index (χ1v) is 12.3. The molecule has 0 heterocycles. The number of fused-ring (bicyclic) bond motifs is 3. The highest BCUT2D eigenvalue weighted by Gasteiger charge is 2.20. The number of Topliss-reactive ketones (excluding diaryl/α,β-unsaturated/α-hetero) is 1. The SMILES string of the molecule is CN[C@H](CCO)Oc1c2cc(cc1OCO)CC[C@@H](O)CC(=O)CCc1ccc(O)c(OC)c1C#CC2. The minimum absolute atomic E-state index is 0.0370. The van der Waals surface area contributed by atoms with E-state index in [0.717, 1.165) is 11.1 Å². The quantitative estimate of drug-likeness (QED) is 0.264. The van der Waals surface area contributed by atoms with Gasteiger partial charge in [0.05, 0.1) is 18.8 Å². The average molecular weight is 514 g/mol. The second-order valence-electron chi connectivity index (χ2n) is 8.83. The fraction of sp³-hybridized carbons (Fsp3) is 0.464. The van der Waals surface area contributed by atoms with Gasteiger partial charge in [-0.15, -0.1) is 0 Å². The number of ether oxygens (including phenoxy) is 3. The first-order valence-electron chi connectivity index (χ1n) is 12.3. The van der Waals surface area contributed by atoms with Gasteiger partial charge in [0.15, 0.2) is 36.0 Å². The van der Waals surface area contributed by atoms with Crippen molar-refractivity contribution >= 4 is 5.78 Å². The van der Waals surface area contributed by atoms with Gasteiger partial charge in [0.2, 0.25) is 0 Å². The van der Waals surface area contributed by atoms with Crippen LogP contribution in [-0.2, 0) is 24.1 Å². The lowest BCUT2D eigenvalue weighted by Crippen LogP contribution is -2.32. The van der Waals surface area contributed by atoms with Crippen LogP contribution in [0, 0.1) is 11.8 Å². The summed E-state index contributed by atoms with van der Waals surface area (Å²) in [6.07, 6.45) is 0.763. The maximum atomic E-state index is 12.5. The summed E-state index contributed by atoms with van der Waals surface area (Å²) >= 11 is 0. The van der Waals surface area contributed by atoms with Crippen LogP contribution in [0.4, 0.5) is 0 Å². The van der Waals surface area contributed by atoms with Crippen molar-refractivity contribution in [3.8, 4) is 34.8 Å². The number of aliphatic hydroxyl groups is 3. The number of rotatable bonds is 8. The Hall–Kier alpha value is -3.29. The molecule has 3 rings (SSSR count). The van der Waals surface area contributed by atoms with Gasteiger partial charge in [-0.3, -0.25) is 10.1 Å². The molecule has 9 heteroatoms. The fourth-order valence-corrected chi connectivity index (χ4v) is 4.30. The molecular weight excluding hydrogens is 478 g/mol. The average Bonchev–Trinajstić information content (AvgIpc) is 2.88. The molecule has 0 saturated carbocycles. The maximum Gasteiger partial charge on any atom is 0.186 e. The second-order valence-corrected chi connectivity index (χ2v) is 8.83. The molecule has 0 aliphatic heterocycles. The van der Waals surface area contributed by atoms with E-state index in [1.165, 1.54) is 13.2 Å². The Morgan fingerprint density at radius 1 is 1.14 bits per heavy atom. The van der Waals surface area contributed by atoms with Gasteiger partial charge in [0, 0.05) is 37.9 Å². The van der Waals surface area contributed by atoms with Crippen molar-refractivity contribution in [3.05, 3.63) is 46.5 Å². The largest absolute Gasteiger partial charge is 0.504 e. The van der Waals surface area contributed by atoms with E-state index in [9.17, 15) is 25.2 Å². The molecular formula is C28H35NO8. The van der Waals surface area contributed by atoms with Crippen molar-refractivity contribution in [2.24, 2.45) is 0 Å². The number of aromatic hydroxyl groups is 1. The highest BCUT2D eigenvalue weighted by atomic mass is 16.6. The summed E-state index contributed by atoms with van der Waals surface area (Å²) in [6.45, 7) is -0.665. The lowest BCUT2D eigenvalue weighted by Gasteiger charge is -2.22. The smallest absolute Gasteiger partial charge is 0.186 e. The first-order chi connectivity index (χ1) is 17.9. The molecule has 5 N–H and O–H groups in total. The van der Waals surface area contributed by atoms with E-state index in [0.29, 0.717) is 48.3 Å². The molecule has 9 nitrogen and oxygen atoms in total. The number of phenols is 1. The molecule has 0 radical (unpaired) electrons. The Balaban J connectivity index is 2.13. The number of hydrogen-bond acceptors (Lipinski definition) is 9. The molecule has 1 aliphatic rings. The first kappa shape index (κ1) is 28.3. The topological polar surface area (TPSA) is 138 Å². The third-order valence-electron chi connectivity index (χ3n) is 6.21. The van der Waals surface area contributed by atoms with Crippen LogP contribution in [0.5, 0.6) is 23.0 Å². The minimum atomic E-state index is -0.803. The Morgan fingerprint density at radius 2 is 1.95 bits per heavy atom. The number of hydrogen-bond donors (Lipinski definition) is 5. The van der Waals surface area contributed by atoms with Crippen molar-refractivity contribution < 1.29 is 39.4 Å². The normalized spacial score (nSPS) is 16.9. The Morgan fingerprint density at radius 3 is 2.65 bits per heavy atom. The van der Waals surface area contributed by atoms with E-state index in [1.807, 2.05) is 6.07 Å². The third kappa shape index (κ3) is 7.60. The summed E-state index contributed by atoms with van der Waals surface area (Å²) in [5.41, 5.74) is 2.76. The van der Waals surface area contributed by atoms with E-state index < -0.39 is 19.1 Å². The predicted molar refractivity (Wildman–Crippen MR) is 137 cm³/mol. The molecule has 0 fully saturated rings. The second kappa shape index (κ2) is 13.9. The summed E-state index contributed by atoms with van der Waals surface area (Å²) in [6, 6.07) is 6.87. The van der Waals surface area contributed by atoms with E-state index in [2.05, 4.69) is 17.2 Å². The van der Waals surface area contributed by atoms with E-state index in [4.69, 9.17) is 14.2 Å². The van der Waals surface area contributed by atoms with Gasteiger partial charge in [-0.25, -0.2) is 0 Å².